The van der Waals surface area contributed by atoms with Crippen LogP contribution in [-0.2, 0) is 0 Å². The summed E-state index contributed by atoms with van der Waals surface area (Å²) in [5.41, 5.74) is 0. The second kappa shape index (κ2) is 5.49. The number of thioether (sulfide) groups is 1. The van der Waals surface area contributed by atoms with Crippen molar-refractivity contribution in [2.45, 2.75) is 11.8 Å². The van der Waals surface area contributed by atoms with Gasteiger partial charge in [0.25, 0.3) is 5.24 Å². The predicted octanol–water partition coefficient (Wildman–Crippen LogP) is 3.82. The Bertz CT molecular complexity index is 344. The summed E-state index contributed by atoms with van der Waals surface area (Å²) in [4.78, 5) is 12.0. The Balaban J connectivity index is 2.68. The van der Waals surface area contributed by atoms with Crippen LogP contribution >= 0.6 is 35.0 Å². The van der Waals surface area contributed by atoms with Crippen molar-refractivity contribution in [3.05, 3.63) is 28.2 Å². The van der Waals surface area contributed by atoms with E-state index in [0.717, 1.165) is 16.7 Å². The van der Waals surface area contributed by atoms with Crippen molar-refractivity contribution in [3.63, 3.8) is 0 Å². The Hall–Kier alpha value is -0.380. The third kappa shape index (κ3) is 3.40. The number of carbonyl (C=O) groups excluding carboxylic acids is 1. The van der Waals surface area contributed by atoms with Crippen molar-refractivity contribution in [1.82, 2.24) is 5.32 Å². The zero-order chi connectivity index (χ0) is 10.6. The van der Waals surface area contributed by atoms with Gasteiger partial charge in [0.15, 0.2) is 0 Å². The maximum absolute atomic E-state index is 11.2. The van der Waals surface area contributed by atoms with Gasteiger partial charge in [0.1, 0.15) is 0 Å². The highest BCUT2D eigenvalue weighted by molar-refractivity contribution is 8.13. The van der Waals surface area contributed by atoms with Crippen molar-refractivity contribution < 1.29 is 4.79 Å². The number of carbonyl (C=O) groups is 1. The lowest BCUT2D eigenvalue weighted by Crippen LogP contribution is -2.17. The van der Waals surface area contributed by atoms with Crippen LogP contribution in [0.4, 0.5) is 4.79 Å². The first kappa shape index (κ1) is 11.7. The van der Waals surface area contributed by atoms with Gasteiger partial charge in [-0.15, -0.1) is 0 Å². The van der Waals surface area contributed by atoms with Gasteiger partial charge in [-0.3, -0.25) is 4.79 Å². The first-order chi connectivity index (χ1) is 6.63. The molecule has 1 N–H and O–H groups in total. The average Bonchev–Trinajstić information content (AvgIpc) is 2.12. The highest BCUT2D eigenvalue weighted by Crippen LogP contribution is 2.28. The molecule has 0 saturated heterocycles. The molecule has 1 rings (SSSR count). The number of halogens is 2. The molecular weight excluding hydrogens is 241 g/mol. The van der Waals surface area contributed by atoms with E-state index in [4.69, 9.17) is 23.2 Å². The van der Waals surface area contributed by atoms with Crippen LogP contribution in [0.1, 0.15) is 6.92 Å². The smallest absolute Gasteiger partial charge is 0.283 e. The van der Waals surface area contributed by atoms with Gasteiger partial charge in [0.2, 0.25) is 0 Å². The van der Waals surface area contributed by atoms with E-state index in [2.05, 4.69) is 5.32 Å². The van der Waals surface area contributed by atoms with Crippen LogP contribution < -0.4 is 5.32 Å². The van der Waals surface area contributed by atoms with Gasteiger partial charge in [0.05, 0.1) is 10.0 Å². The third-order valence-electron chi connectivity index (χ3n) is 1.42. The summed E-state index contributed by atoms with van der Waals surface area (Å²) >= 11 is 12.6. The minimum atomic E-state index is -0.0918. The summed E-state index contributed by atoms with van der Waals surface area (Å²) in [7, 11) is 0. The van der Waals surface area contributed by atoms with E-state index < -0.39 is 0 Å². The highest BCUT2D eigenvalue weighted by atomic mass is 35.5. The molecule has 1 aromatic carbocycles. The van der Waals surface area contributed by atoms with Gasteiger partial charge < -0.3 is 5.32 Å². The van der Waals surface area contributed by atoms with Crippen LogP contribution in [0.3, 0.4) is 0 Å². The lowest BCUT2D eigenvalue weighted by atomic mass is 10.4. The van der Waals surface area contributed by atoms with Crippen LogP contribution in [0.25, 0.3) is 0 Å². The molecule has 2 nitrogen and oxygen atoms in total. The van der Waals surface area contributed by atoms with E-state index in [0.29, 0.717) is 16.6 Å². The Kier molecular flexibility index (Phi) is 4.58. The summed E-state index contributed by atoms with van der Waals surface area (Å²) in [6, 6.07) is 5.10. The van der Waals surface area contributed by atoms with Gasteiger partial charge >= 0.3 is 0 Å². The van der Waals surface area contributed by atoms with Crippen molar-refractivity contribution >= 4 is 40.2 Å². The summed E-state index contributed by atoms with van der Waals surface area (Å²) < 4.78 is 0. The number of nitrogens with one attached hydrogen (secondary N) is 1. The Labute approximate surface area is 97.0 Å². The normalized spacial score (nSPS) is 9.93. The lowest BCUT2D eigenvalue weighted by Gasteiger charge is -2.02. The summed E-state index contributed by atoms with van der Waals surface area (Å²) in [5, 5.41) is 3.54. The molecule has 0 radical (unpaired) electrons. The number of amides is 1. The molecule has 1 aromatic rings. The number of hydrogen-bond donors (Lipinski definition) is 1. The number of rotatable bonds is 2. The molecule has 0 aliphatic rings. The molecule has 76 valence electrons. The summed E-state index contributed by atoms with van der Waals surface area (Å²) in [6.45, 7) is 2.49. The topological polar surface area (TPSA) is 29.1 Å². The largest absolute Gasteiger partial charge is 0.347 e. The Morgan fingerprint density at radius 1 is 1.43 bits per heavy atom. The van der Waals surface area contributed by atoms with Crippen molar-refractivity contribution in [3.8, 4) is 0 Å². The maximum atomic E-state index is 11.2. The van der Waals surface area contributed by atoms with Crippen LogP contribution in [0, 0.1) is 0 Å². The monoisotopic (exact) mass is 249 g/mol. The molecular formula is C9H9Cl2NOS. The quantitative estimate of drug-likeness (QED) is 0.808. The average molecular weight is 250 g/mol. The van der Waals surface area contributed by atoms with Crippen LogP contribution in [0.15, 0.2) is 23.1 Å². The maximum Gasteiger partial charge on any atom is 0.283 e. The fraction of sp³-hybridized carbons (Fsp3) is 0.222. The fourth-order valence-corrected chi connectivity index (χ4v) is 1.93. The molecule has 0 bridgehead atoms. The van der Waals surface area contributed by atoms with Gasteiger partial charge in [0, 0.05) is 11.4 Å². The highest BCUT2D eigenvalue weighted by Gasteiger charge is 2.04. The zero-order valence-electron chi connectivity index (χ0n) is 7.51. The number of hydrogen-bond acceptors (Lipinski definition) is 2. The molecule has 0 aliphatic heterocycles. The summed E-state index contributed by atoms with van der Waals surface area (Å²) in [5.74, 6) is 0. The molecule has 0 aliphatic carbocycles. The molecule has 0 aromatic heterocycles. The minimum absolute atomic E-state index is 0.0918. The van der Waals surface area contributed by atoms with Crippen molar-refractivity contribution in [2.24, 2.45) is 0 Å². The molecule has 0 fully saturated rings. The molecule has 0 saturated carbocycles. The van der Waals surface area contributed by atoms with E-state index in [1.165, 1.54) is 0 Å². The van der Waals surface area contributed by atoms with Crippen molar-refractivity contribution in [1.29, 1.82) is 0 Å². The second-order valence-electron chi connectivity index (χ2n) is 2.50. The molecule has 0 heterocycles. The second-order valence-corrected chi connectivity index (χ2v) is 4.36. The lowest BCUT2D eigenvalue weighted by molar-refractivity contribution is 0.261. The predicted molar refractivity (Wildman–Crippen MR) is 61.4 cm³/mol. The first-order valence-corrected chi connectivity index (χ1v) is 5.61. The molecule has 1 amide bonds. The van der Waals surface area contributed by atoms with E-state index in [1.807, 2.05) is 6.92 Å². The standard InChI is InChI=1S/C9H9Cl2NOS/c1-2-12-9(13)14-6-3-4-7(10)8(11)5-6/h3-5H,2H2,1H3,(H,12,13). The SMILES string of the molecule is CCNC(=O)Sc1ccc(Cl)c(Cl)c1. The van der Waals surface area contributed by atoms with E-state index in [9.17, 15) is 4.79 Å². The summed E-state index contributed by atoms with van der Waals surface area (Å²) in [6.07, 6.45) is 0. The molecule has 14 heavy (non-hydrogen) atoms. The van der Waals surface area contributed by atoms with Gasteiger partial charge in [-0.25, -0.2) is 0 Å². The van der Waals surface area contributed by atoms with Gasteiger partial charge in [-0.2, -0.15) is 0 Å². The molecule has 0 spiro atoms. The van der Waals surface area contributed by atoms with Gasteiger partial charge in [-0.05, 0) is 36.9 Å². The van der Waals surface area contributed by atoms with E-state index in [1.54, 1.807) is 18.2 Å². The van der Waals surface area contributed by atoms with Crippen LogP contribution in [-0.4, -0.2) is 11.8 Å². The van der Waals surface area contributed by atoms with Gasteiger partial charge in [-0.1, -0.05) is 23.2 Å². The zero-order valence-corrected chi connectivity index (χ0v) is 9.84. The minimum Gasteiger partial charge on any atom is -0.347 e. The molecule has 5 heteroatoms. The Morgan fingerprint density at radius 3 is 2.71 bits per heavy atom. The fourth-order valence-electron chi connectivity index (χ4n) is 0.828. The van der Waals surface area contributed by atoms with E-state index in [-0.39, 0.29) is 5.24 Å². The van der Waals surface area contributed by atoms with Crippen LogP contribution in [0.2, 0.25) is 10.0 Å². The Morgan fingerprint density at radius 2 is 2.14 bits per heavy atom. The first-order valence-electron chi connectivity index (χ1n) is 4.04. The van der Waals surface area contributed by atoms with Crippen molar-refractivity contribution in [2.75, 3.05) is 6.54 Å². The number of benzene rings is 1. The third-order valence-corrected chi connectivity index (χ3v) is 2.98. The van der Waals surface area contributed by atoms with E-state index >= 15 is 0 Å². The van der Waals surface area contributed by atoms with Crippen LogP contribution in [0.5, 0.6) is 0 Å². The molecule has 0 atom stereocenters. The molecule has 0 unspecified atom stereocenters.